The van der Waals surface area contributed by atoms with Gasteiger partial charge < -0.3 is 10.4 Å². The van der Waals surface area contributed by atoms with Gasteiger partial charge in [0.2, 0.25) is 0 Å². The van der Waals surface area contributed by atoms with Crippen LogP contribution in [0.25, 0.3) is 0 Å². The van der Waals surface area contributed by atoms with Crippen LogP contribution < -0.4 is 5.32 Å². The van der Waals surface area contributed by atoms with Crippen LogP contribution in [-0.2, 0) is 4.79 Å². The van der Waals surface area contributed by atoms with Crippen molar-refractivity contribution in [2.45, 2.75) is 6.92 Å². The smallest absolute Gasteiger partial charge is 0.328 e. The maximum atomic E-state index is 10.4. The minimum absolute atomic E-state index is 0.470. The number of rotatable bonds is 4. The summed E-state index contributed by atoms with van der Waals surface area (Å²) >= 11 is 0. The SMILES string of the molecule is C/C(=C/C(=O)O)CNc1ccc(C#N)cc1. The summed E-state index contributed by atoms with van der Waals surface area (Å²) in [6.07, 6.45) is 1.16. The molecule has 0 spiro atoms. The highest BCUT2D eigenvalue weighted by Gasteiger charge is 1.96. The Labute approximate surface area is 93.8 Å². The van der Waals surface area contributed by atoms with Gasteiger partial charge in [-0.2, -0.15) is 5.26 Å². The van der Waals surface area contributed by atoms with Crippen LogP contribution in [0, 0.1) is 11.3 Å². The number of benzene rings is 1. The Balaban J connectivity index is 2.55. The van der Waals surface area contributed by atoms with E-state index in [2.05, 4.69) is 5.32 Å². The predicted octanol–water partition coefficient (Wildman–Crippen LogP) is 2.00. The number of hydrogen-bond donors (Lipinski definition) is 2. The zero-order valence-corrected chi connectivity index (χ0v) is 8.90. The Kier molecular flexibility index (Phi) is 4.10. The molecule has 0 aliphatic rings. The number of hydrogen-bond acceptors (Lipinski definition) is 3. The summed E-state index contributed by atoms with van der Waals surface area (Å²) in [6, 6.07) is 9.01. The van der Waals surface area contributed by atoms with Crippen LogP contribution in [0.3, 0.4) is 0 Å². The average molecular weight is 216 g/mol. The third kappa shape index (κ3) is 3.84. The first kappa shape index (κ1) is 11.8. The van der Waals surface area contributed by atoms with E-state index in [9.17, 15) is 4.79 Å². The number of anilines is 1. The molecule has 0 atom stereocenters. The zero-order chi connectivity index (χ0) is 12.0. The highest BCUT2D eigenvalue weighted by Crippen LogP contribution is 2.09. The number of carboxylic acid groups (broad SMARTS) is 1. The van der Waals surface area contributed by atoms with Gasteiger partial charge in [0.25, 0.3) is 0 Å². The van der Waals surface area contributed by atoms with Crippen molar-refractivity contribution in [1.29, 1.82) is 5.26 Å². The Bertz CT molecular complexity index is 441. The molecule has 0 aliphatic heterocycles. The van der Waals surface area contributed by atoms with Crippen molar-refractivity contribution in [3.63, 3.8) is 0 Å². The molecule has 0 radical (unpaired) electrons. The van der Waals surface area contributed by atoms with Crippen LogP contribution in [0.2, 0.25) is 0 Å². The van der Waals surface area contributed by atoms with Gasteiger partial charge in [-0.05, 0) is 36.8 Å². The molecule has 0 unspecified atom stereocenters. The lowest BCUT2D eigenvalue weighted by atomic mass is 10.2. The quantitative estimate of drug-likeness (QED) is 0.755. The first-order valence-electron chi connectivity index (χ1n) is 4.76. The fraction of sp³-hybridized carbons (Fsp3) is 0.167. The Morgan fingerprint density at radius 2 is 2.12 bits per heavy atom. The topological polar surface area (TPSA) is 73.1 Å². The monoisotopic (exact) mass is 216 g/mol. The predicted molar refractivity (Wildman–Crippen MR) is 61.0 cm³/mol. The summed E-state index contributed by atoms with van der Waals surface area (Å²) in [6.45, 7) is 2.21. The molecule has 0 fully saturated rings. The summed E-state index contributed by atoms with van der Waals surface area (Å²) in [4.78, 5) is 10.4. The fourth-order valence-corrected chi connectivity index (χ4v) is 1.17. The van der Waals surface area contributed by atoms with Crippen molar-refractivity contribution in [2.24, 2.45) is 0 Å². The van der Waals surface area contributed by atoms with Crippen molar-refractivity contribution < 1.29 is 9.90 Å². The molecule has 0 aliphatic carbocycles. The molecule has 0 saturated carbocycles. The summed E-state index contributed by atoms with van der Waals surface area (Å²) in [5.74, 6) is -0.945. The van der Waals surface area contributed by atoms with E-state index in [1.54, 1.807) is 31.2 Å². The van der Waals surface area contributed by atoms with E-state index < -0.39 is 5.97 Å². The van der Waals surface area contributed by atoms with Gasteiger partial charge in [0.05, 0.1) is 11.6 Å². The normalized spacial score (nSPS) is 10.6. The average Bonchev–Trinajstić information content (AvgIpc) is 2.26. The summed E-state index contributed by atoms with van der Waals surface area (Å²) in [5.41, 5.74) is 2.19. The van der Waals surface area contributed by atoms with Crippen LogP contribution in [0.5, 0.6) is 0 Å². The first-order chi connectivity index (χ1) is 7.61. The van der Waals surface area contributed by atoms with E-state index in [0.29, 0.717) is 12.1 Å². The molecule has 0 saturated heterocycles. The van der Waals surface area contributed by atoms with Gasteiger partial charge >= 0.3 is 5.97 Å². The molecule has 0 bridgehead atoms. The molecule has 0 heterocycles. The third-order valence-corrected chi connectivity index (χ3v) is 1.96. The van der Waals surface area contributed by atoms with E-state index in [-0.39, 0.29) is 0 Å². The minimum atomic E-state index is -0.945. The number of carbonyl (C=O) groups is 1. The van der Waals surface area contributed by atoms with Crippen molar-refractivity contribution in [2.75, 3.05) is 11.9 Å². The van der Waals surface area contributed by atoms with E-state index in [1.165, 1.54) is 0 Å². The van der Waals surface area contributed by atoms with Gasteiger partial charge in [-0.25, -0.2) is 4.79 Å². The van der Waals surface area contributed by atoms with Gasteiger partial charge in [0.1, 0.15) is 0 Å². The number of nitriles is 1. The van der Waals surface area contributed by atoms with Crippen molar-refractivity contribution in [3.8, 4) is 6.07 Å². The van der Waals surface area contributed by atoms with E-state index in [1.807, 2.05) is 6.07 Å². The molecule has 1 rings (SSSR count). The Hall–Kier alpha value is -2.28. The second kappa shape index (κ2) is 5.56. The second-order valence-corrected chi connectivity index (χ2v) is 3.37. The maximum absolute atomic E-state index is 10.4. The standard InChI is InChI=1S/C12H12N2O2/c1-9(6-12(15)16)8-14-11-4-2-10(7-13)3-5-11/h2-6,14H,8H2,1H3,(H,15,16)/b9-6-. The van der Waals surface area contributed by atoms with Gasteiger partial charge in [-0.3, -0.25) is 0 Å². The number of aliphatic carboxylic acids is 1. The summed E-state index contributed by atoms with van der Waals surface area (Å²) < 4.78 is 0. The molecule has 0 amide bonds. The third-order valence-electron chi connectivity index (χ3n) is 1.96. The lowest BCUT2D eigenvalue weighted by molar-refractivity contribution is -0.131. The molecule has 0 aromatic heterocycles. The van der Waals surface area contributed by atoms with Crippen LogP contribution >= 0.6 is 0 Å². The van der Waals surface area contributed by atoms with Gasteiger partial charge in [0.15, 0.2) is 0 Å². The van der Waals surface area contributed by atoms with Crippen LogP contribution in [-0.4, -0.2) is 17.6 Å². The molecule has 4 heteroatoms. The van der Waals surface area contributed by atoms with Gasteiger partial charge in [-0.1, -0.05) is 0 Å². The molecule has 82 valence electrons. The molecule has 1 aromatic rings. The van der Waals surface area contributed by atoms with Crippen molar-refractivity contribution in [3.05, 3.63) is 41.5 Å². The highest BCUT2D eigenvalue weighted by molar-refractivity contribution is 5.80. The zero-order valence-electron chi connectivity index (χ0n) is 8.90. The second-order valence-electron chi connectivity index (χ2n) is 3.37. The van der Waals surface area contributed by atoms with E-state index in [0.717, 1.165) is 17.3 Å². The molecule has 4 nitrogen and oxygen atoms in total. The van der Waals surface area contributed by atoms with E-state index >= 15 is 0 Å². The minimum Gasteiger partial charge on any atom is -0.478 e. The van der Waals surface area contributed by atoms with Crippen LogP contribution in [0.15, 0.2) is 35.9 Å². The summed E-state index contributed by atoms with van der Waals surface area (Å²) in [7, 11) is 0. The fourth-order valence-electron chi connectivity index (χ4n) is 1.17. The lowest BCUT2D eigenvalue weighted by Crippen LogP contribution is -2.04. The van der Waals surface area contributed by atoms with Crippen molar-refractivity contribution in [1.82, 2.24) is 0 Å². The molecular weight excluding hydrogens is 204 g/mol. The van der Waals surface area contributed by atoms with Crippen molar-refractivity contribution >= 4 is 11.7 Å². The molecular formula is C12H12N2O2. The maximum Gasteiger partial charge on any atom is 0.328 e. The molecule has 16 heavy (non-hydrogen) atoms. The van der Waals surface area contributed by atoms with Crippen LogP contribution in [0.1, 0.15) is 12.5 Å². The van der Waals surface area contributed by atoms with E-state index in [4.69, 9.17) is 10.4 Å². The van der Waals surface area contributed by atoms with Crippen LogP contribution in [0.4, 0.5) is 5.69 Å². The number of nitrogens with one attached hydrogen (secondary N) is 1. The largest absolute Gasteiger partial charge is 0.478 e. The number of nitrogens with zero attached hydrogens (tertiary/aromatic N) is 1. The summed E-state index contributed by atoms with van der Waals surface area (Å²) in [5, 5.41) is 20.2. The molecule has 1 aromatic carbocycles. The first-order valence-corrected chi connectivity index (χ1v) is 4.76. The molecule has 2 N–H and O–H groups in total. The Morgan fingerprint density at radius 3 is 2.62 bits per heavy atom. The van der Waals surface area contributed by atoms with Gasteiger partial charge in [0, 0.05) is 18.3 Å². The highest BCUT2D eigenvalue weighted by atomic mass is 16.4. The Morgan fingerprint density at radius 1 is 1.50 bits per heavy atom. The van der Waals surface area contributed by atoms with Gasteiger partial charge in [-0.15, -0.1) is 0 Å². The lowest BCUT2D eigenvalue weighted by Gasteiger charge is -2.05. The number of carboxylic acids is 1.